The summed E-state index contributed by atoms with van der Waals surface area (Å²) >= 11 is 1.46. The zero-order valence-electron chi connectivity index (χ0n) is 15.8. The van der Waals surface area contributed by atoms with E-state index in [0.717, 1.165) is 51.4 Å². The number of rotatable bonds is 4. The number of amides is 3. The third-order valence-corrected chi connectivity index (χ3v) is 6.50. The maximum Gasteiger partial charge on any atom is 0.349 e. The summed E-state index contributed by atoms with van der Waals surface area (Å²) in [6, 6.07) is 1.50. The van der Waals surface area contributed by atoms with Crippen molar-refractivity contribution < 1.29 is 19.1 Å². The highest BCUT2D eigenvalue weighted by atomic mass is 32.1. The van der Waals surface area contributed by atoms with Crippen LogP contribution < -0.4 is 10.6 Å². The zero-order chi connectivity index (χ0) is 19.2. The van der Waals surface area contributed by atoms with Gasteiger partial charge in [-0.1, -0.05) is 25.7 Å². The van der Waals surface area contributed by atoms with E-state index in [1.54, 1.807) is 0 Å². The number of imide groups is 1. The lowest BCUT2D eigenvalue weighted by atomic mass is 9.96. The number of hydrogen-bond donors (Lipinski definition) is 2. The van der Waals surface area contributed by atoms with E-state index in [2.05, 4.69) is 10.6 Å². The summed E-state index contributed by atoms with van der Waals surface area (Å²) in [6.07, 6.45) is 9.76. The van der Waals surface area contributed by atoms with Gasteiger partial charge in [-0.25, -0.2) is 9.59 Å². The van der Waals surface area contributed by atoms with E-state index < -0.39 is 24.0 Å². The smallest absolute Gasteiger partial charge is 0.349 e. The second-order valence-corrected chi connectivity index (χ2v) is 8.60. The molecule has 1 aromatic rings. The second kappa shape index (κ2) is 9.35. The fourth-order valence-corrected chi connectivity index (χ4v) is 4.86. The Bertz CT molecular complexity index is 671. The van der Waals surface area contributed by atoms with Gasteiger partial charge in [-0.15, -0.1) is 11.3 Å². The molecule has 7 heteroatoms. The van der Waals surface area contributed by atoms with Crippen LogP contribution in [0.2, 0.25) is 0 Å². The topological polar surface area (TPSA) is 84.5 Å². The number of urea groups is 1. The first-order chi connectivity index (χ1) is 13.0. The first kappa shape index (κ1) is 19.9. The Kier molecular flexibility index (Phi) is 6.88. The molecule has 0 spiro atoms. The van der Waals surface area contributed by atoms with E-state index in [9.17, 15) is 14.4 Å². The van der Waals surface area contributed by atoms with Crippen LogP contribution in [0.15, 0.2) is 6.07 Å². The summed E-state index contributed by atoms with van der Waals surface area (Å²) in [4.78, 5) is 38.3. The van der Waals surface area contributed by atoms with Gasteiger partial charge < -0.3 is 10.1 Å². The highest BCUT2D eigenvalue weighted by molar-refractivity contribution is 7.14. The van der Waals surface area contributed by atoms with Crippen molar-refractivity contribution in [1.29, 1.82) is 0 Å². The van der Waals surface area contributed by atoms with E-state index in [1.165, 1.54) is 41.5 Å². The number of ether oxygens (including phenoxy) is 1. The first-order valence-electron chi connectivity index (χ1n) is 9.97. The molecule has 2 N–H and O–H groups in total. The monoisotopic (exact) mass is 392 g/mol. The van der Waals surface area contributed by atoms with Crippen LogP contribution in [0.5, 0.6) is 0 Å². The van der Waals surface area contributed by atoms with Gasteiger partial charge in [0.1, 0.15) is 4.88 Å². The summed E-state index contributed by atoms with van der Waals surface area (Å²) < 4.78 is 5.28. The highest BCUT2D eigenvalue weighted by Gasteiger charge is 2.24. The van der Waals surface area contributed by atoms with Gasteiger partial charge in [0.25, 0.3) is 5.91 Å². The van der Waals surface area contributed by atoms with Crippen molar-refractivity contribution in [2.75, 3.05) is 0 Å². The van der Waals surface area contributed by atoms with Crippen LogP contribution in [0.1, 0.15) is 78.4 Å². The van der Waals surface area contributed by atoms with Crippen molar-refractivity contribution in [2.24, 2.45) is 0 Å². The van der Waals surface area contributed by atoms with Crippen molar-refractivity contribution in [1.82, 2.24) is 10.6 Å². The van der Waals surface area contributed by atoms with Gasteiger partial charge in [0.05, 0.1) is 0 Å². The minimum Gasteiger partial charge on any atom is -0.448 e. The van der Waals surface area contributed by atoms with Crippen molar-refractivity contribution in [3.05, 3.63) is 21.4 Å². The SMILES string of the molecule is C[C@@H](OC(=O)c1cc2c(s1)CCCCC2)C(=O)NC(=O)NC1CCCCC1. The van der Waals surface area contributed by atoms with Crippen LogP contribution in [0, 0.1) is 0 Å². The number of carbonyl (C=O) groups is 3. The summed E-state index contributed by atoms with van der Waals surface area (Å²) in [5.74, 6) is -1.10. The maximum atomic E-state index is 12.4. The summed E-state index contributed by atoms with van der Waals surface area (Å²) in [5, 5.41) is 5.10. The van der Waals surface area contributed by atoms with Crippen molar-refractivity contribution >= 4 is 29.2 Å². The molecule has 0 radical (unpaired) electrons. The van der Waals surface area contributed by atoms with Gasteiger partial charge in [-0.3, -0.25) is 10.1 Å². The molecule has 1 heterocycles. The molecular formula is C20H28N2O4S. The van der Waals surface area contributed by atoms with E-state index in [0.29, 0.717) is 4.88 Å². The van der Waals surface area contributed by atoms with Crippen LogP contribution in [-0.4, -0.2) is 30.1 Å². The minimum absolute atomic E-state index is 0.117. The van der Waals surface area contributed by atoms with E-state index >= 15 is 0 Å². The zero-order valence-corrected chi connectivity index (χ0v) is 16.7. The Balaban J connectivity index is 1.48. The number of hydrogen-bond acceptors (Lipinski definition) is 5. The molecule has 148 valence electrons. The standard InChI is InChI=1S/C20H28N2O4S/c1-13(18(23)22-20(25)21-15-9-5-3-6-10-15)26-19(24)17-12-14-8-4-2-7-11-16(14)27-17/h12-13,15H,2-11H2,1H3,(H2,21,22,23,25)/t13-/m1/s1. The Hall–Kier alpha value is -1.89. The van der Waals surface area contributed by atoms with Crippen LogP contribution in [-0.2, 0) is 22.4 Å². The quantitative estimate of drug-likeness (QED) is 0.604. The molecule has 0 aliphatic heterocycles. The Morgan fingerprint density at radius 2 is 1.78 bits per heavy atom. The van der Waals surface area contributed by atoms with Gasteiger partial charge in [-0.2, -0.15) is 0 Å². The predicted molar refractivity (Wildman–Crippen MR) is 104 cm³/mol. The van der Waals surface area contributed by atoms with Crippen LogP contribution in [0.25, 0.3) is 0 Å². The summed E-state index contributed by atoms with van der Waals surface area (Å²) in [7, 11) is 0. The third-order valence-electron chi connectivity index (χ3n) is 5.28. The fraction of sp³-hybridized carbons (Fsp3) is 0.650. The lowest BCUT2D eigenvalue weighted by molar-refractivity contribution is -0.127. The molecule has 0 unspecified atom stereocenters. The maximum absolute atomic E-state index is 12.4. The van der Waals surface area contributed by atoms with Crippen LogP contribution >= 0.6 is 11.3 Å². The molecule has 2 aliphatic carbocycles. The lowest BCUT2D eigenvalue weighted by Gasteiger charge is -2.23. The summed E-state index contributed by atoms with van der Waals surface area (Å²) in [6.45, 7) is 1.49. The van der Waals surface area contributed by atoms with Crippen LogP contribution in [0.3, 0.4) is 0 Å². The van der Waals surface area contributed by atoms with Gasteiger partial charge in [0.2, 0.25) is 0 Å². The molecule has 3 amide bonds. The molecule has 3 rings (SSSR count). The number of fused-ring (bicyclic) bond motifs is 1. The normalized spacial score (nSPS) is 18.7. The molecule has 1 saturated carbocycles. The van der Waals surface area contributed by atoms with Crippen LogP contribution in [0.4, 0.5) is 4.79 Å². The number of carbonyl (C=O) groups excluding carboxylic acids is 3. The van der Waals surface area contributed by atoms with Gasteiger partial charge in [0.15, 0.2) is 6.10 Å². The van der Waals surface area contributed by atoms with Gasteiger partial charge in [-0.05, 0) is 57.1 Å². The third kappa shape index (κ3) is 5.54. The lowest BCUT2D eigenvalue weighted by Crippen LogP contribution is -2.48. The number of thiophene rings is 1. The molecule has 6 nitrogen and oxygen atoms in total. The molecule has 27 heavy (non-hydrogen) atoms. The van der Waals surface area contributed by atoms with Crippen molar-refractivity contribution in [2.45, 2.75) is 83.3 Å². The molecule has 0 bridgehead atoms. The number of nitrogens with one attached hydrogen (secondary N) is 2. The first-order valence-corrected chi connectivity index (χ1v) is 10.8. The van der Waals surface area contributed by atoms with E-state index in [1.807, 2.05) is 6.07 Å². The Labute approximate surface area is 164 Å². The minimum atomic E-state index is -1.02. The predicted octanol–water partition coefficient (Wildman–Crippen LogP) is 3.72. The number of aryl methyl sites for hydroxylation is 2. The van der Waals surface area contributed by atoms with E-state index in [-0.39, 0.29) is 6.04 Å². The Morgan fingerprint density at radius 1 is 1.07 bits per heavy atom. The van der Waals surface area contributed by atoms with Crippen molar-refractivity contribution in [3.8, 4) is 0 Å². The molecule has 1 aromatic heterocycles. The average molecular weight is 393 g/mol. The van der Waals surface area contributed by atoms with E-state index in [4.69, 9.17) is 4.74 Å². The van der Waals surface area contributed by atoms with Gasteiger partial charge >= 0.3 is 12.0 Å². The molecule has 1 fully saturated rings. The highest BCUT2D eigenvalue weighted by Crippen LogP contribution is 2.29. The second-order valence-electron chi connectivity index (χ2n) is 7.46. The van der Waals surface area contributed by atoms with Crippen molar-refractivity contribution in [3.63, 3.8) is 0 Å². The molecule has 2 aliphatic rings. The fourth-order valence-electron chi connectivity index (χ4n) is 3.72. The Morgan fingerprint density at radius 3 is 2.56 bits per heavy atom. The van der Waals surface area contributed by atoms with Gasteiger partial charge in [0, 0.05) is 10.9 Å². The molecular weight excluding hydrogens is 364 g/mol. The molecule has 0 aromatic carbocycles. The largest absolute Gasteiger partial charge is 0.448 e. The average Bonchev–Trinajstić information content (AvgIpc) is 2.93. The number of esters is 1. The molecule has 0 saturated heterocycles. The molecule has 1 atom stereocenters. The summed E-state index contributed by atoms with van der Waals surface area (Å²) in [5.41, 5.74) is 1.23.